The van der Waals surface area contributed by atoms with Crippen LogP contribution >= 0.6 is 0 Å². The van der Waals surface area contributed by atoms with Crippen LogP contribution in [0.25, 0.3) is 0 Å². The Kier molecular flexibility index (Phi) is 4.18. The Balaban J connectivity index is 1.97. The minimum Gasteiger partial charge on any atom is -0.381 e. The second kappa shape index (κ2) is 6.05. The van der Waals surface area contributed by atoms with E-state index < -0.39 is 0 Å². The summed E-state index contributed by atoms with van der Waals surface area (Å²) in [5, 5.41) is 6.12. The van der Waals surface area contributed by atoms with E-state index in [1.54, 1.807) is 0 Å². The average Bonchev–Trinajstić information content (AvgIpc) is 2.39. The summed E-state index contributed by atoms with van der Waals surface area (Å²) in [5.74, 6) is -0.0550. The quantitative estimate of drug-likeness (QED) is 0.875. The molecule has 0 spiro atoms. The molecule has 0 heterocycles. The van der Waals surface area contributed by atoms with Crippen molar-refractivity contribution in [3.8, 4) is 0 Å². The van der Waals surface area contributed by atoms with Gasteiger partial charge < -0.3 is 10.6 Å². The minimum absolute atomic E-state index is 0.0550. The van der Waals surface area contributed by atoms with Gasteiger partial charge in [0.1, 0.15) is 0 Å². The van der Waals surface area contributed by atoms with Crippen LogP contribution in [0.1, 0.15) is 18.1 Å². The third kappa shape index (κ3) is 3.85. The van der Waals surface area contributed by atoms with E-state index in [1.807, 2.05) is 36.4 Å². The van der Waals surface area contributed by atoms with Crippen LogP contribution in [0.15, 0.2) is 48.5 Å². The molecular weight excluding hydrogens is 236 g/mol. The Morgan fingerprint density at radius 3 is 2.26 bits per heavy atom. The van der Waals surface area contributed by atoms with Crippen molar-refractivity contribution < 1.29 is 4.79 Å². The molecule has 2 N–H and O–H groups in total. The van der Waals surface area contributed by atoms with Gasteiger partial charge in [-0.25, -0.2) is 0 Å². The number of amides is 1. The zero-order chi connectivity index (χ0) is 13.7. The summed E-state index contributed by atoms with van der Waals surface area (Å²) in [5.41, 5.74) is 4.42. The van der Waals surface area contributed by atoms with Crippen molar-refractivity contribution in [3.05, 3.63) is 59.7 Å². The lowest BCUT2D eigenvalue weighted by molar-refractivity contribution is -0.114. The van der Waals surface area contributed by atoms with Gasteiger partial charge >= 0.3 is 0 Å². The summed E-state index contributed by atoms with van der Waals surface area (Å²) >= 11 is 0. The first-order valence-corrected chi connectivity index (χ1v) is 6.31. The van der Waals surface area contributed by atoms with Crippen molar-refractivity contribution in [2.45, 2.75) is 20.4 Å². The van der Waals surface area contributed by atoms with E-state index in [9.17, 15) is 4.79 Å². The van der Waals surface area contributed by atoms with E-state index in [-0.39, 0.29) is 5.91 Å². The highest BCUT2D eigenvalue weighted by atomic mass is 16.1. The molecule has 2 aromatic carbocycles. The first-order valence-electron chi connectivity index (χ1n) is 6.31. The normalized spacial score (nSPS) is 10.0. The van der Waals surface area contributed by atoms with Crippen molar-refractivity contribution in [1.29, 1.82) is 0 Å². The number of rotatable bonds is 4. The van der Waals surface area contributed by atoms with E-state index in [2.05, 4.69) is 29.7 Å². The Morgan fingerprint density at radius 2 is 1.63 bits per heavy atom. The van der Waals surface area contributed by atoms with E-state index in [0.29, 0.717) is 0 Å². The molecule has 0 unspecified atom stereocenters. The molecule has 3 heteroatoms. The number of hydrogen-bond donors (Lipinski definition) is 2. The standard InChI is InChI=1S/C16H18N2O/c1-12-5-3-4-6-14(12)11-17-15-7-9-16(10-8-15)18-13(2)19/h3-10,17H,11H2,1-2H3,(H,18,19). The fourth-order valence-corrected chi connectivity index (χ4v) is 1.88. The maximum atomic E-state index is 10.9. The fraction of sp³-hybridized carbons (Fsp3) is 0.188. The van der Waals surface area contributed by atoms with Crippen LogP contribution in [0.5, 0.6) is 0 Å². The molecule has 3 nitrogen and oxygen atoms in total. The van der Waals surface area contributed by atoms with Gasteiger partial charge in [-0.15, -0.1) is 0 Å². The number of anilines is 2. The lowest BCUT2D eigenvalue weighted by Crippen LogP contribution is -2.06. The lowest BCUT2D eigenvalue weighted by atomic mass is 10.1. The van der Waals surface area contributed by atoms with Gasteiger partial charge in [-0.3, -0.25) is 4.79 Å². The molecule has 0 atom stereocenters. The van der Waals surface area contributed by atoms with Crippen LogP contribution < -0.4 is 10.6 Å². The Hall–Kier alpha value is -2.29. The van der Waals surface area contributed by atoms with Crippen molar-refractivity contribution in [3.63, 3.8) is 0 Å². The number of aryl methyl sites for hydroxylation is 1. The molecule has 0 bridgehead atoms. The van der Waals surface area contributed by atoms with Gasteiger partial charge in [0.15, 0.2) is 0 Å². The van der Waals surface area contributed by atoms with Crippen LogP contribution in [-0.2, 0) is 11.3 Å². The number of carbonyl (C=O) groups is 1. The van der Waals surface area contributed by atoms with Crippen LogP contribution in [0, 0.1) is 6.92 Å². The SMILES string of the molecule is CC(=O)Nc1ccc(NCc2ccccc2C)cc1. The third-order valence-corrected chi connectivity index (χ3v) is 2.95. The zero-order valence-corrected chi connectivity index (χ0v) is 11.2. The molecule has 0 saturated carbocycles. The average molecular weight is 254 g/mol. The predicted octanol–water partition coefficient (Wildman–Crippen LogP) is 3.57. The molecular formula is C16H18N2O. The highest BCUT2D eigenvalue weighted by molar-refractivity contribution is 5.88. The number of benzene rings is 2. The van der Waals surface area contributed by atoms with Crippen LogP contribution in [0.2, 0.25) is 0 Å². The van der Waals surface area contributed by atoms with Crippen LogP contribution in [-0.4, -0.2) is 5.91 Å². The molecule has 19 heavy (non-hydrogen) atoms. The van der Waals surface area contributed by atoms with E-state index in [4.69, 9.17) is 0 Å². The second-order valence-corrected chi connectivity index (χ2v) is 4.54. The summed E-state index contributed by atoms with van der Waals surface area (Å²) in [6, 6.07) is 16.0. The first-order chi connectivity index (χ1) is 9.15. The molecule has 0 aliphatic rings. The van der Waals surface area contributed by atoms with E-state index >= 15 is 0 Å². The summed E-state index contributed by atoms with van der Waals surface area (Å²) in [6.07, 6.45) is 0. The molecule has 0 saturated heterocycles. The molecule has 0 aliphatic carbocycles. The summed E-state index contributed by atoms with van der Waals surface area (Å²) in [4.78, 5) is 10.9. The topological polar surface area (TPSA) is 41.1 Å². The van der Waals surface area contributed by atoms with Crippen molar-refractivity contribution in [1.82, 2.24) is 0 Å². The van der Waals surface area contributed by atoms with Gasteiger partial charge in [0.2, 0.25) is 5.91 Å². The van der Waals surface area contributed by atoms with Gasteiger partial charge in [0, 0.05) is 24.8 Å². The van der Waals surface area contributed by atoms with Gasteiger partial charge in [0.05, 0.1) is 0 Å². The molecule has 0 aliphatic heterocycles. The predicted molar refractivity (Wildman–Crippen MR) is 79.3 cm³/mol. The van der Waals surface area contributed by atoms with Crippen LogP contribution in [0.3, 0.4) is 0 Å². The third-order valence-electron chi connectivity index (χ3n) is 2.95. The largest absolute Gasteiger partial charge is 0.381 e. The lowest BCUT2D eigenvalue weighted by Gasteiger charge is -2.09. The first kappa shape index (κ1) is 13.1. The molecule has 1 amide bonds. The summed E-state index contributed by atoms with van der Waals surface area (Å²) < 4.78 is 0. The molecule has 2 rings (SSSR count). The highest BCUT2D eigenvalue weighted by Gasteiger charge is 1.98. The second-order valence-electron chi connectivity index (χ2n) is 4.54. The highest BCUT2D eigenvalue weighted by Crippen LogP contribution is 2.15. The molecule has 0 aromatic heterocycles. The molecule has 0 fully saturated rings. The number of carbonyl (C=O) groups excluding carboxylic acids is 1. The van der Waals surface area contributed by atoms with Crippen molar-refractivity contribution in [2.24, 2.45) is 0 Å². The van der Waals surface area contributed by atoms with Gasteiger partial charge in [0.25, 0.3) is 0 Å². The van der Waals surface area contributed by atoms with Crippen molar-refractivity contribution >= 4 is 17.3 Å². The van der Waals surface area contributed by atoms with Gasteiger partial charge in [-0.1, -0.05) is 24.3 Å². The smallest absolute Gasteiger partial charge is 0.221 e. The van der Waals surface area contributed by atoms with E-state index in [0.717, 1.165) is 17.9 Å². The Bertz CT molecular complexity index is 561. The monoisotopic (exact) mass is 254 g/mol. The van der Waals surface area contributed by atoms with E-state index in [1.165, 1.54) is 18.1 Å². The Labute approximate surface area is 113 Å². The zero-order valence-electron chi connectivity index (χ0n) is 11.2. The number of nitrogens with one attached hydrogen (secondary N) is 2. The van der Waals surface area contributed by atoms with Gasteiger partial charge in [-0.2, -0.15) is 0 Å². The number of hydrogen-bond acceptors (Lipinski definition) is 2. The fourth-order valence-electron chi connectivity index (χ4n) is 1.88. The Morgan fingerprint density at radius 1 is 1.00 bits per heavy atom. The van der Waals surface area contributed by atoms with Gasteiger partial charge in [-0.05, 0) is 42.3 Å². The summed E-state index contributed by atoms with van der Waals surface area (Å²) in [7, 11) is 0. The minimum atomic E-state index is -0.0550. The summed E-state index contributed by atoms with van der Waals surface area (Å²) in [6.45, 7) is 4.41. The van der Waals surface area contributed by atoms with Crippen LogP contribution in [0.4, 0.5) is 11.4 Å². The maximum Gasteiger partial charge on any atom is 0.221 e. The van der Waals surface area contributed by atoms with Crippen molar-refractivity contribution in [2.75, 3.05) is 10.6 Å². The molecule has 98 valence electrons. The maximum absolute atomic E-state index is 10.9. The molecule has 0 radical (unpaired) electrons. The molecule has 2 aromatic rings.